The topological polar surface area (TPSA) is 106 Å². The third-order valence-electron chi connectivity index (χ3n) is 4.34. The van der Waals surface area contributed by atoms with Crippen molar-refractivity contribution in [2.75, 3.05) is 6.61 Å². The van der Waals surface area contributed by atoms with Gasteiger partial charge in [0.2, 0.25) is 0 Å². The number of pyridine rings is 1. The number of amides is 1. The molecule has 2 aromatic heterocycles. The highest BCUT2D eigenvalue weighted by Crippen LogP contribution is 2.29. The van der Waals surface area contributed by atoms with Crippen LogP contribution in [-0.2, 0) is 0 Å². The average molecular weight is 415 g/mol. The third-order valence-corrected chi connectivity index (χ3v) is 4.63. The summed E-state index contributed by atoms with van der Waals surface area (Å²) < 4.78 is 1.60. The Bertz CT molecular complexity index is 1030. The number of carbonyl (C=O) groups is 1. The summed E-state index contributed by atoms with van der Waals surface area (Å²) in [5.41, 5.74) is 3.17. The Hall–Kier alpha value is -2.84. The van der Waals surface area contributed by atoms with Gasteiger partial charge in [-0.05, 0) is 54.1 Å². The van der Waals surface area contributed by atoms with E-state index in [1.807, 2.05) is 32.9 Å². The summed E-state index contributed by atoms with van der Waals surface area (Å²) in [6, 6.07) is 6.70. The maximum Gasteiger partial charge on any atom is 0.251 e. The van der Waals surface area contributed by atoms with Crippen molar-refractivity contribution in [1.29, 1.82) is 0 Å². The van der Waals surface area contributed by atoms with Crippen LogP contribution in [0.3, 0.4) is 0 Å². The quantitative estimate of drug-likeness (QED) is 0.642. The van der Waals surface area contributed by atoms with Gasteiger partial charge in [0.1, 0.15) is 0 Å². The van der Waals surface area contributed by atoms with Crippen LogP contribution in [0.25, 0.3) is 16.9 Å². The van der Waals surface area contributed by atoms with Crippen LogP contribution in [-0.4, -0.2) is 48.9 Å². The number of aromatic nitrogens is 5. The summed E-state index contributed by atoms with van der Waals surface area (Å²) in [6.07, 6.45) is 1.72. The van der Waals surface area contributed by atoms with E-state index in [1.54, 1.807) is 29.9 Å². The van der Waals surface area contributed by atoms with Gasteiger partial charge in [0.05, 0.1) is 23.0 Å². The number of benzene rings is 1. The van der Waals surface area contributed by atoms with Crippen molar-refractivity contribution in [2.45, 2.75) is 39.7 Å². The first-order chi connectivity index (χ1) is 13.8. The first kappa shape index (κ1) is 20.9. The lowest BCUT2D eigenvalue weighted by Gasteiger charge is -2.14. The minimum absolute atomic E-state index is 0.0847. The van der Waals surface area contributed by atoms with Crippen molar-refractivity contribution >= 4 is 17.5 Å². The van der Waals surface area contributed by atoms with Crippen LogP contribution in [0.2, 0.25) is 5.02 Å². The summed E-state index contributed by atoms with van der Waals surface area (Å²) >= 11 is 6.42. The first-order valence-electron chi connectivity index (χ1n) is 9.28. The molecular weight excluding hydrogens is 392 g/mol. The van der Waals surface area contributed by atoms with E-state index in [1.165, 1.54) is 0 Å². The van der Waals surface area contributed by atoms with Gasteiger partial charge in [-0.25, -0.2) is 0 Å². The number of aryl methyl sites for hydroxylation is 1. The van der Waals surface area contributed by atoms with E-state index in [4.69, 9.17) is 11.6 Å². The van der Waals surface area contributed by atoms with Crippen LogP contribution < -0.4 is 5.32 Å². The molecule has 3 aromatic rings. The van der Waals surface area contributed by atoms with Gasteiger partial charge in [0, 0.05) is 29.3 Å². The summed E-state index contributed by atoms with van der Waals surface area (Å²) in [5.74, 6) is 0.429. The standard InChI is InChI=1S/C20H23ClN6O2/c1-11(2)19-24-25-26-27(19)16-7-14(18-17(21)5-12(3)9-22-18)6-15(8-16)20(29)23-13(4)10-28/h5-9,11,13,28H,10H2,1-4H3,(H,23,29). The second kappa shape index (κ2) is 8.67. The summed E-state index contributed by atoms with van der Waals surface area (Å²) in [7, 11) is 0. The Morgan fingerprint density at radius 2 is 2.00 bits per heavy atom. The number of carbonyl (C=O) groups excluding carboxylic acids is 1. The molecule has 0 radical (unpaired) electrons. The molecule has 0 fully saturated rings. The highest BCUT2D eigenvalue weighted by molar-refractivity contribution is 6.33. The highest BCUT2D eigenvalue weighted by atomic mass is 35.5. The number of halogens is 1. The predicted octanol–water partition coefficient (Wildman–Crippen LogP) is 2.92. The van der Waals surface area contributed by atoms with Crippen molar-refractivity contribution in [3.63, 3.8) is 0 Å². The van der Waals surface area contributed by atoms with E-state index in [0.717, 1.165) is 5.56 Å². The van der Waals surface area contributed by atoms with E-state index < -0.39 is 0 Å². The normalized spacial score (nSPS) is 12.2. The van der Waals surface area contributed by atoms with Gasteiger partial charge in [-0.3, -0.25) is 9.78 Å². The number of hydrogen-bond acceptors (Lipinski definition) is 6. The number of aliphatic hydroxyl groups excluding tert-OH is 1. The number of rotatable bonds is 6. The van der Waals surface area contributed by atoms with E-state index in [-0.39, 0.29) is 24.5 Å². The van der Waals surface area contributed by atoms with Crippen molar-refractivity contribution in [3.8, 4) is 16.9 Å². The minimum Gasteiger partial charge on any atom is -0.394 e. The summed E-state index contributed by atoms with van der Waals surface area (Å²) in [5, 5.41) is 24.4. The monoisotopic (exact) mass is 414 g/mol. The van der Waals surface area contributed by atoms with Crippen LogP contribution in [0.4, 0.5) is 0 Å². The van der Waals surface area contributed by atoms with Crippen molar-refractivity contribution < 1.29 is 9.90 Å². The number of hydrogen-bond donors (Lipinski definition) is 2. The number of aliphatic hydroxyl groups is 1. The second-order valence-corrected chi connectivity index (χ2v) is 7.68. The van der Waals surface area contributed by atoms with Crippen LogP contribution in [0.5, 0.6) is 0 Å². The molecule has 0 bridgehead atoms. The molecule has 1 aromatic carbocycles. The largest absolute Gasteiger partial charge is 0.394 e. The number of nitrogens with zero attached hydrogens (tertiary/aromatic N) is 5. The fraction of sp³-hybridized carbons (Fsp3) is 0.350. The van der Waals surface area contributed by atoms with Gasteiger partial charge in [0.25, 0.3) is 5.91 Å². The lowest BCUT2D eigenvalue weighted by atomic mass is 10.0. The zero-order valence-corrected chi connectivity index (χ0v) is 17.5. The molecule has 8 nitrogen and oxygen atoms in total. The summed E-state index contributed by atoms with van der Waals surface area (Å²) in [6.45, 7) is 7.44. The van der Waals surface area contributed by atoms with Gasteiger partial charge >= 0.3 is 0 Å². The Kier molecular flexibility index (Phi) is 6.24. The minimum atomic E-state index is -0.380. The van der Waals surface area contributed by atoms with Crippen LogP contribution in [0, 0.1) is 6.92 Å². The molecule has 0 saturated heterocycles. The Morgan fingerprint density at radius 1 is 1.24 bits per heavy atom. The van der Waals surface area contributed by atoms with E-state index >= 15 is 0 Å². The predicted molar refractivity (Wildman–Crippen MR) is 110 cm³/mol. The third kappa shape index (κ3) is 4.60. The van der Waals surface area contributed by atoms with Gasteiger partial charge in [-0.1, -0.05) is 25.4 Å². The molecule has 2 N–H and O–H groups in total. The molecule has 0 aliphatic heterocycles. The van der Waals surface area contributed by atoms with Gasteiger partial charge in [-0.15, -0.1) is 5.10 Å². The van der Waals surface area contributed by atoms with Gasteiger partial charge in [-0.2, -0.15) is 4.68 Å². The number of tetrazole rings is 1. The zero-order chi connectivity index (χ0) is 21.1. The molecule has 0 spiro atoms. The van der Waals surface area contributed by atoms with Gasteiger partial charge in [0.15, 0.2) is 5.82 Å². The fourth-order valence-corrected chi connectivity index (χ4v) is 3.17. The maximum atomic E-state index is 12.7. The lowest BCUT2D eigenvalue weighted by Crippen LogP contribution is -2.35. The highest BCUT2D eigenvalue weighted by Gasteiger charge is 2.18. The molecular formula is C20H23ClN6O2. The smallest absolute Gasteiger partial charge is 0.251 e. The Morgan fingerprint density at radius 3 is 2.66 bits per heavy atom. The Labute approximate surface area is 173 Å². The van der Waals surface area contributed by atoms with E-state index in [0.29, 0.717) is 33.4 Å². The SMILES string of the molecule is Cc1cnc(-c2cc(C(=O)NC(C)CO)cc(-n3nnnc3C(C)C)c2)c(Cl)c1. The molecule has 1 amide bonds. The van der Waals surface area contributed by atoms with Crippen molar-refractivity contribution in [2.24, 2.45) is 0 Å². The number of nitrogens with one attached hydrogen (secondary N) is 1. The molecule has 0 aliphatic carbocycles. The van der Waals surface area contributed by atoms with Gasteiger partial charge < -0.3 is 10.4 Å². The van der Waals surface area contributed by atoms with Crippen molar-refractivity contribution in [1.82, 2.24) is 30.5 Å². The zero-order valence-electron chi connectivity index (χ0n) is 16.7. The summed E-state index contributed by atoms with van der Waals surface area (Å²) in [4.78, 5) is 17.2. The molecule has 0 aliphatic rings. The van der Waals surface area contributed by atoms with E-state index in [2.05, 4.69) is 25.8 Å². The molecule has 2 heterocycles. The maximum absolute atomic E-state index is 12.7. The molecule has 152 valence electrons. The van der Waals surface area contributed by atoms with Crippen LogP contribution in [0.15, 0.2) is 30.5 Å². The van der Waals surface area contributed by atoms with Crippen LogP contribution in [0.1, 0.15) is 48.4 Å². The molecule has 29 heavy (non-hydrogen) atoms. The second-order valence-electron chi connectivity index (χ2n) is 7.27. The molecule has 1 unspecified atom stereocenters. The molecule has 1 atom stereocenters. The van der Waals surface area contributed by atoms with E-state index in [9.17, 15) is 9.90 Å². The fourth-order valence-electron chi connectivity index (χ4n) is 2.84. The molecule has 0 saturated carbocycles. The van der Waals surface area contributed by atoms with Crippen LogP contribution >= 0.6 is 11.6 Å². The average Bonchev–Trinajstić information content (AvgIpc) is 3.17. The Balaban J connectivity index is 2.16. The molecule has 9 heteroatoms. The molecule has 3 rings (SSSR count). The lowest BCUT2D eigenvalue weighted by molar-refractivity contribution is 0.0922. The first-order valence-corrected chi connectivity index (χ1v) is 9.66. The van der Waals surface area contributed by atoms with Crippen molar-refractivity contribution in [3.05, 3.63) is 52.4 Å².